The van der Waals surface area contributed by atoms with E-state index in [1.54, 1.807) is 12.5 Å². The first-order chi connectivity index (χ1) is 5.95. The van der Waals surface area contributed by atoms with Gasteiger partial charge >= 0.3 is 0 Å². The minimum atomic E-state index is 0.838. The minimum Gasteiger partial charge on any atom is -0.235 e. The van der Waals surface area contributed by atoms with E-state index in [1.165, 1.54) is 0 Å². The molecule has 2 aliphatic heterocycles. The van der Waals surface area contributed by atoms with Crippen LogP contribution in [0.25, 0.3) is 6.20 Å². The lowest BCUT2D eigenvalue weighted by molar-refractivity contribution is 1.30. The molecule has 1 aromatic rings. The summed E-state index contributed by atoms with van der Waals surface area (Å²) in [5, 5.41) is 9.67. The summed E-state index contributed by atoms with van der Waals surface area (Å²) in [6, 6.07) is 3.88. The number of nitrogens with zero attached hydrogens (tertiary/aromatic N) is 4. The smallest absolute Gasteiger partial charge is 0.122 e. The summed E-state index contributed by atoms with van der Waals surface area (Å²) < 4.78 is 0. The molecule has 0 saturated carbocycles. The van der Waals surface area contributed by atoms with E-state index in [9.17, 15) is 0 Å². The number of hydrogen-bond acceptors (Lipinski definition) is 4. The standard InChI is InChI=1S/C8H4N4/c1-2-6-8(10-4-9-6)7-5(1)3-11-12-7/h1-4H. The van der Waals surface area contributed by atoms with E-state index in [1.807, 2.05) is 12.1 Å². The third kappa shape index (κ3) is 0.567. The number of fused-ring (bicyclic) bond motifs is 3. The zero-order chi connectivity index (χ0) is 7.97. The largest absolute Gasteiger partial charge is 0.235 e. The van der Waals surface area contributed by atoms with Crippen molar-refractivity contribution in [3.05, 3.63) is 22.7 Å². The molecule has 4 heteroatoms. The highest BCUT2D eigenvalue weighted by Gasteiger charge is 2.10. The number of rotatable bonds is 0. The average molecular weight is 156 g/mol. The van der Waals surface area contributed by atoms with Crippen LogP contribution in [0.4, 0.5) is 11.4 Å². The highest BCUT2D eigenvalue weighted by Crippen LogP contribution is 2.23. The molecule has 2 heterocycles. The second-order valence-electron chi connectivity index (χ2n) is 2.59. The Labute approximate surface area is 67.7 Å². The van der Waals surface area contributed by atoms with Gasteiger partial charge in [0.15, 0.2) is 0 Å². The lowest BCUT2D eigenvalue weighted by atomic mass is 10.2. The first-order valence-corrected chi connectivity index (χ1v) is 3.59. The Bertz CT molecular complexity index is 476. The van der Waals surface area contributed by atoms with Gasteiger partial charge in [-0.2, -0.15) is 5.11 Å². The van der Waals surface area contributed by atoms with E-state index in [2.05, 4.69) is 20.2 Å². The fraction of sp³-hybridized carbons (Fsp3) is 0. The molecule has 0 N–H and O–H groups in total. The van der Waals surface area contributed by atoms with E-state index >= 15 is 0 Å². The predicted molar refractivity (Wildman–Crippen MR) is 44.4 cm³/mol. The fourth-order valence-electron chi connectivity index (χ4n) is 1.32. The molecule has 0 radical (unpaired) electrons. The molecule has 56 valence electrons. The zero-order valence-electron chi connectivity index (χ0n) is 6.10. The maximum Gasteiger partial charge on any atom is 0.122 e. The van der Waals surface area contributed by atoms with Gasteiger partial charge in [-0.3, -0.25) is 0 Å². The molecule has 0 amide bonds. The van der Waals surface area contributed by atoms with Crippen LogP contribution in [-0.2, 0) is 0 Å². The Kier molecular flexibility index (Phi) is 0.889. The van der Waals surface area contributed by atoms with Gasteiger partial charge < -0.3 is 0 Å². The van der Waals surface area contributed by atoms with Crippen molar-refractivity contribution in [2.24, 2.45) is 20.2 Å². The molecular weight excluding hydrogens is 152 g/mol. The van der Waals surface area contributed by atoms with Crippen molar-refractivity contribution in [3.63, 3.8) is 0 Å². The van der Waals surface area contributed by atoms with E-state index < -0.39 is 0 Å². The molecule has 0 aromatic heterocycles. The SMILES string of the molecule is C1=Nc2c3c(ccc2=N1)=CN=N3. The lowest BCUT2D eigenvalue weighted by Crippen LogP contribution is -2.05. The summed E-state index contributed by atoms with van der Waals surface area (Å²) in [5.74, 6) is 0. The molecule has 12 heavy (non-hydrogen) atoms. The molecule has 0 spiro atoms. The lowest BCUT2D eigenvalue weighted by Gasteiger charge is -1.91. The number of benzene rings is 1. The Hall–Kier alpha value is -1.84. The summed E-state index contributed by atoms with van der Waals surface area (Å²) in [6.07, 6.45) is 3.27. The maximum absolute atomic E-state index is 4.11. The third-order valence-corrected chi connectivity index (χ3v) is 1.90. The summed E-state index contributed by atoms with van der Waals surface area (Å²) in [6.45, 7) is 0. The summed E-state index contributed by atoms with van der Waals surface area (Å²) in [5.41, 5.74) is 1.68. The Morgan fingerprint density at radius 3 is 3.08 bits per heavy atom. The molecule has 0 saturated heterocycles. The topological polar surface area (TPSA) is 49.4 Å². The number of hydrogen-bond donors (Lipinski definition) is 0. The van der Waals surface area contributed by atoms with Crippen LogP contribution in [0.15, 0.2) is 32.3 Å². The Balaban J connectivity index is 2.57. The Morgan fingerprint density at radius 1 is 1.08 bits per heavy atom. The molecule has 4 nitrogen and oxygen atoms in total. The van der Waals surface area contributed by atoms with E-state index in [4.69, 9.17) is 0 Å². The zero-order valence-corrected chi connectivity index (χ0v) is 6.10. The molecule has 0 fully saturated rings. The van der Waals surface area contributed by atoms with Gasteiger partial charge in [-0.1, -0.05) is 0 Å². The van der Waals surface area contributed by atoms with E-state index in [-0.39, 0.29) is 0 Å². The van der Waals surface area contributed by atoms with Crippen molar-refractivity contribution < 1.29 is 0 Å². The summed E-state index contributed by atoms with van der Waals surface area (Å²) in [7, 11) is 0. The van der Waals surface area contributed by atoms with Gasteiger partial charge in [0.05, 0.1) is 11.6 Å². The minimum absolute atomic E-state index is 0.838. The Morgan fingerprint density at radius 2 is 2.08 bits per heavy atom. The van der Waals surface area contributed by atoms with Gasteiger partial charge in [0.2, 0.25) is 0 Å². The van der Waals surface area contributed by atoms with Crippen molar-refractivity contribution in [1.82, 2.24) is 0 Å². The van der Waals surface area contributed by atoms with E-state index in [0.29, 0.717) is 0 Å². The van der Waals surface area contributed by atoms with Crippen LogP contribution in [-0.4, -0.2) is 6.34 Å². The van der Waals surface area contributed by atoms with E-state index in [0.717, 1.165) is 22.0 Å². The molecule has 0 atom stereocenters. The van der Waals surface area contributed by atoms with Crippen LogP contribution >= 0.6 is 0 Å². The van der Waals surface area contributed by atoms with Crippen LogP contribution in [0, 0.1) is 0 Å². The quantitative estimate of drug-likeness (QED) is 0.534. The fourth-order valence-corrected chi connectivity index (χ4v) is 1.32. The third-order valence-electron chi connectivity index (χ3n) is 1.90. The van der Waals surface area contributed by atoms with Crippen molar-refractivity contribution in [2.75, 3.05) is 0 Å². The van der Waals surface area contributed by atoms with Crippen LogP contribution in [0.1, 0.15) is 0 Å². The molecular formula is C8H4N4. The average Bonchev–Trinajstić information content (AvgIpc) is 2.71. The molecule has 2 aliphatic rings. The second-order valence-corrected chi connectivity index (χ2v) is 2.59. The molecule has 1 aromatic carbocycles. The van der Waals surface area contributed by atoms with Crippen molar-refractivity contribution in [3.8, 4) is 0 Å². The van der Waals surface area contributed by atoms with Gasteiger partial charge in [0, 0.05) is 5.22 Å². The monoisotopic (exact) mass is 156 g/mol. The first-order valence-electron chi connectivity index (χ1n) is 3.59. The summed E-state index contributed by atoms with van der Waals surface area (Å²) >= 11 is 0. The second kappa shape index (κ2) is 1.85. The van der Waals surface area contributed by atoms with Crippen molar-refractivity contribution >= 4 is 23.9 Å². The van der Waals surface area contributed by atoms with Crippen LogP contribution in [0.2, 0.25) is 0 Å². The van der Waals surface area contributed by atoms with Gasteiger partial charge in [-0.15, -0.1) is 5.11 Å². The normalized spacial score (nSPS) is 15.3. The molecule has 0 aliphatic carbocycles. The highest BCUT2D eigenvalue weighted by molar-refractivity contribution is 5.75. The van der Waals surface area contributed by atoms with Gasteiger partial charge in [-0.25, -0.2) is 9.98 Å². The van der Waals surface area contributed by atoms with Crippen LogP contribution < -0.4 is 10.6 Å². The van der Waals surface area contributed by atoms with Gasteiger partial charge in [0.25, 0.3) is 0 Å². The predicted octanol–water partition coefficient (Wildman–Crippen LogP) is 0.815. The molecule has 3 rings (SSSR count). The van der Waals surface area contributed by atoms with Crippen molar-refractivity contribution in [1.29, 1.82) is 0 Å². The summed E-state index contributed by atoms with van der Waals surface area (Å²) in [4.78, 5) is 8.18. The maximum atomic E-state index is 4.11. The van der Waals surface area contributed by atoms with Crippen molar-refractivity contribution in [2.45, 2.75) is 0 Å². The first kappa shape index (κ1) is 5.77. The molecule has 0 bridgehead atoms. The number of aliphatic imine (C=N–C) groups is 1. The highest BCUT2D eigenvalue weighted by atomic mass is 15.1. The van der Waals surface area contributed by atoms with Gasteiger partial charge in [-0.05, 0) is 12.1 Å². The number of azo groups is 1. The molecule has 0 unspecified atom stereocenters. The van der Waals surface area contributed by atoms with Gasteiger partial charge in [0.1, 0.15) is 17.7 Å². The van der Waals surface area contributed by atoms with Crippen LogP contribution in [0.3, 0.4) is 0 Å². The van der Waals surface area contributed by atoms with Crippen LogP contribution in [0.5, 0.6) is 0 Å².